The van der Waals surface area contributed by atoms with E-state index in [1.54, 1.807) is 6.20 Å². The fourth-order valence-corrected chi connectivity index (χ4v) is 5.17. The Morgan fingerprint density at radius 1 is 1.06 bits per heavy atom. The summed E-state index contributed by atoms with van der Waals surface area (Å²) in [5.41, 5.74) is 9.50. The Bertz CT molecular complexity index is 1480. The number of carbonyl (C=O) groups is 2. The lowest BCUT2D eigenvalue weighted by molar-refractivity contribution is -0.122. The van der Waals surface area contributed by atoms with Gasteiger partial charge in [-0.3, -0.25) is 20.3 Å². The molecule has 1 aliphatic heterocycles. The number of amides is 2. The number of aryl methyl sites for hydroxylation is 1. The second-order valence-electron chi connectivity index (χ2n) is 7.75. The van der Waals surface area contributed by atoms with Crippen molar-refractivity contribution in [3.8, 4) is 0 Å². The zero-order chi connectivity index (χ0) is 23.1. The van der Waals surface area contributed by atoms with Crippen LogP contribution in [0.3, 0.4) is 0 Å². The number of hydrogen-bond acceptors (Lipinski definition) is 4. The molecule has 0 spiro atoms. The van der Waals surface area contributed by atoms with E-state index in [4.69, 9.17) is 11.1 Å². The van der Waals surface area contributed by atoms with Crippen LogP contribution in [0.25, 0.3) is 33.0 Å². The molecule has 0 saturated heterocycles. The Morgan fingerprint density at radius 3 is 2.61 bits per heavy atom. The molecule has 0 atom stereocenters. The quantitative estimate of drug-likeness (QED) is 0.129. The molecule has 33 heavy (non-hydrogen) atoms. The maximum absolute atomic E-state index is 13.0. The van der Waals surface area contributed by atoms with Crippen LogP contribution < -0.4 is 11.1 Å². The third-order valence-electron chi connectivity index (χ3n) is 5.70. The van der Waals surface area contributed by atoms with Gasteiger partial charge < -0.3 is 15.3 Å². The molecule has 0 fully saturated rings. The molecule has 0 radical (unpaired) electrons. The van der Waals surface area contributed by atoms with E-state index in [-0.39, 0.29) is 5.17 Å². The van der Waals surface area contributed by atoms with Crippen LogP contribution in [-0.4, -0.2) is 32.3 Å². The van der Waals surface area contributed by atoms with Gasteiger partial charge in [0.05, 0.1) is 11.1 Å². The van der Waals surface area contributed by atoms with Crippen LogP contribution in [0.1, 0.15) is 17.5 Å². The Labute approximate surface area is 202 Å². The van der Waals surface area contributed by atoms with E-state index in [0.29, 0.717) is 28.8 Å². The standard InChI is InChI=1S/C24H20BrN5O2S/c25-13-6-7-19-15(10-13)17(12-30(19)8-3-9-33-24(26)27)21-20(22(31)29-23(21)32)16-11-28-18-5-2-1-4-14(16)18/h1-2,4-7,10-12,28H,3,8-9H2,(H3,26,27)(H,29,31,32). The van der Waals surface area contributed by atoms with E-state index in [9.17, 15) is 9.59 Å². The number of benzene rings is 2. The van der Waals surface area contributed by atoms with Gasteiger partial charge in [0, 0.05) is 62.1 Å². The van der Waals surface area contributed by atoms with Gasteiger partial charge in [-0.25, -0.2) is 0 Å². The highest BCUT2D eigenvalue weighted by Crippen LogP contribution is 2.39. The predicted octanol–water partition coefficient (Wildman–Crippen LogP) is 4.47. The van der Waals surface area contributed by atoms with E-state index in [1.165, 1.54) is 11.8 Å². The zero-order valence-corrected chi connectivity index (χ0v) is 19.8. The molecule has 5 N–H and O–H groups in total. The van der Waals surface area contributed by atoms with E-state index in [0.717, 1.165) is 38.5 Å². The van der Waals surface area contributed by atoms with Crippen LogP contribution in [-0.2, 0) is 16.1 Å². The van der Waals surface area contributed by atoms with Crippen molar-refractivity contribution in [2.24, 2.45) is 5.73 Å². The number of thioether (sulfide) groups is 1. The monoisotopic (exact) mass is 521 g/mol. The lowest BCUT2D eigenvalue weighted by atomic mass is 9.95. The number of hydrogen-bond donors (Lipinski definition) is 4. The van der Waals surface area contributed by atoms with Gasteiger partial charge in [0.2, 0.25) is 0 Å². The number of halogens is 1. The molecule has 0 saturated carbocycles. The summed E-state index contributed by atoms with van der Waals surface area (Å²) >= 11 is 4.85. The fourth-order valence-electron chi connectivity index (χ4n) is 4.32. The Balaban J connectivity index is 1.67. The minimum atomic E-state index is -0.397. The molecule has 0 unspecified atom stereocenters. The molecule has 166 valence electrons. The molecule has 4 aromatic rings. The van der Waals surface area contributed by atoms with E-state index < -0.39 is 11.8 Å². The minimum absolute atomic E-state index is 0.103. The number of H-pyrrole nitrogens is 1. The molecule has 7 nitrogen and oxygen atoms in total. The Kier molecular flexibility index (Phi) is 5.59. The topological polar surface area (TPSA) is 117 Å². The van der Waals surface area contributed by atoms with Crippen molar-refractivity contribution in [2.45, 2.75) is 13.0 Å². The van der Waals surface area contributed by atoms with Crippen LogP contribution in [0.2, 0.25) is 0 Å². The zero-order valence-electron chi connectivity index (χ0n) is 17.4. The van der Waals surface area contributed by atoms with Crippen molar-refractivity contribution in [1.82, 2.24) is 14.9 Å². The van der Waals surface area contributed by atoms with Crippen LogP contribution in [0.5, 0.6) is 0 Å². The van der Waals surface area contributed by atoms with Crippen molar-refractivity contribution in [1.29, 1.82) is 5.41 Å². The maximum atomic E-state index is 13.0. The third-order valence-corrected chi connectivity index (χ3v) is 7.00. The Hall–Kier alpha value is -3.30. The molecule has 2 aromatic carbocycles. The average Bonchev–Trinajstić information content (AvgIpc) is 3.43. The van der Waals surface area contributed by atoms with Gasteiger partial charge in [-0.15, -0.1) is 0 Å². The van der Waals surface area contributed by atoms with Gasteiger partial charge in [-0.2, -0.15) is 0 Å². The van der Waals surface area contributed by atoms with Gasteiger partial charge in [0.1, 0.15) is 0 Å². The summed E-state index contributed by atoms with van der Waals surface area (Å²) in [4.78, 5) is 29.2. The summed E-state index contributed by atoms with van der Waals surface area (Å²) < 4.78 is 2.98. The number of fused-ring (bicyclic) bond motifs is 2. The molecular weight excluding hydrogens is 502 g/mol. The first-order valence-electron chi connectivity index (χ1n) is 10.4. The summed E-state index contributed by atoms with van der Waals surface area (Å²) in [5, 5.41) is 11.8. The third kappa shape index (κ3) is 3.87. The molecular formula is C24H20BrN5O2S. The molecule has 2 amide bonds. The van der Waals surface area contributed by atoms with E-state index in [2.05, 4.69) is 30.8 Å². The highest BCUT2D eigenvalue weighted by molar-refractivity contribution is 9.10. The number of nitrogens with one attached hydrogen (secondary N) is 3. The largest absolute Gasteiger partial charge is 0.379 e. The summed E-state index contributed by atoms with van der Waals surface area (Å²) in [5.74, 6) is -0.0664. The number of aromatic nitrogens is 2. The van der Waals surface area contributed by atoms with Crippen LogP contribution in [0.4, 0.5) is 0 Å². The van der Waals surface area contributed by atoms with Crippen molar-refractivity contribution >= 4 is 77.6 Å². The number of amidine groups is 1. The number of nitrogens with two attached hydrogens (primary N) is 1. The maximum Gasteiger partial charge on any atom is 0.259 e. The number of nitrogens with zero attached hydrogens (tertiary/aromatic N) is 1. The number of imide groups is 1. The van der Waals surface area contributed by atoms with Gasteiger partial charge in [-0.1, -0.05) is 45.9 Å². The lowest BCUT2D eigenvalue weighted by Gasteiger charge is -2.05. The van der Waals surface area contributed by atoms with Crippen LogP contribution in [0, 0.1) is 5.41 Å². The average molecular weight is 522 g/mol. The predicted molar refractivity (Wildman–Crippen MR) is 137 cm³/mol. The van der Waals surface area contributed by atoms with Gasteiger partial charge in [0.15, 0.2) is 5.17 Å². The van der Waals surface area contributed by atoms with Crippen molar-refractivity contribution < 1.29 is 9.59 Å². The van der Waals surface area contributed by atoms with Crippen molar-refractivity contribution in [3.63, 3.8) is 0 Å². The second-order valence-corrected chi connectivity index (χ2v) is 9.80. The summed E-state index contributed by atoms with van der Waals surface area (Å²) in [6, 6.07) is 13.7. The molecule has 0 bridgehead atoms. The first kappa shape index (κ1) is 21.5. The number of para-hydroxylation sites is 1. The van der Waals surface area contributed by atoms with Crippen LogP contribution in [0.15, 0.2) is 59.3 Å². The smallest absolute Gasteiger partial charge is 0.259 e. The first-order valence-corrected chi connectivity index (χ1v) is 12.1. The molecule has 1 aliphatic rings. The van der Waals surface area contributed by atoms with Crippen molar-refractivity contribution in [2.75, 3.05) is 5.75 Å². The Morgan fingerprint density at radius 2 is 1.82 bits per heavy atom. The summed E-state index contributed by atoms with van der Waals surface area (Å²) in [7, 11) is 0. The van der Waals surface area contributed by atoms with Gasteiger partial charge in [-0.05, 0) is 30.7 Å². The van der Waals surface area contributed by atoms with Gasteiger partial charge >= 0.3 is 0 Å². The molecule has 3 heterocycles. The molecule has 5 rings (SSSR count). The highest BCUT2D eigenvalue weighted by Gasteiger charge is 2.35. The molecule has 2 aromatic heterocycles. The first-order chi connectivity index (χ1) is 15.9. The molecule has 0 aliphatic carbocycles. The normalized spacial score (nSPS) is 14.0. The lowest BCUT2D eigenvalue weighted by Crippen LogP contribution is -2.22. The summed E-state index contributed by atoms with van der Waals surface area (Å²) in [6.45, 7) is 0.698. The molecule has 9 heteroatoms. The van der Waals surface area contributed by atoms with E-state index >= 15 is 0 Å². The number of carbonyl (C=O) groups excluding carboxylic acids is 2. The number of aromatic amines is 1. The van der Waals surface area contributed by atoms with Crippen LogP contribution >= 0.6 is 27.7 Å². The minimum Gasteiger partial charge on any atom is -0.379 e. The SMILES string of the molecule is N=C(N)SCCCn1cc(C2=C(c3c[nH]c4ccccc34)C(=O)NC2=O)c2cc(Br)ccc21. The summed E-state index contributed by atoms with van der Waals surface area (Å²) in [6.07, 6.45) is 4.53. The highest BCUT2D eigenvalue weighted by atomic mass is 79.9. The van der Waals surface area contributed by atoms with E-state index in [1.807, 2.05) is 48.7 Å². The second kappa shape index (κ2) is 8.57. The van der Waals surface area contributed by atoms with Crippen molar-refractivity contribution in [3.05, 3.63) is 70.5 Å². The fraction of sp³-hybridized carbons (Fsp3) is 0.125. The number of rotatable bonds is 6. The van der Waals surface area contributed by atoms with Gasteiger partial charge in [0.25, 0.3) is 11.8 Å².